The molecule has 36 heavy (non-hydrogen) atoms. The van der Waals surface area contributed by atoms with E-state index >= 15 is 0 Å². The number of carboxylic acid groups (broad SMARTS) is 1. The molecule has 0 saturated carbocycles. The summed E-state index contributed by atoms with van der Waals surface area (Å²) < 4.78 is 11.6. The number of aliphatic carboxylic acids is 1. The Hall–Kier alpha value is -4.39. The molecule has 1 aromatic heterocycles. The largest absolute Gasteiger partial charge is 0.480 e. The smallest absolute Gasteiger partial charge is 0.340 e. The lowest BCUT2D eigenvalue weighted by molar-refractivity contribution is -0.143. The first-order chi connectivity index (χ1) is 17.3. The molecule has 7 nitrogen and oxygen atoms in total. The van der Waals surface area contributed by atoms with Crippen LogP contribution in [0.5, 0.6) is 5.75 Å². The van der Waals surface area contributed by atoms with Crippen LogP contribution in [0.3, 0.4) is 0 Å². The van der Waals surface area contributed by atoms with Crippen LogP contribution in [-0.4, -0.2) is 23.1 Å². The third-order valence-electron chi connectivity index (χ3n) is 6.22. The third-order valence-corrected chi connectivity index (χ3v) is 6.22. The maximum Gasteiger partial charge on any atom is 0.340 e. The lowest BCUT2D eigenvalue weighted by Crippen LogP contribution is -2.41. The van der Waals surface area contributed by atoms with E-state index in [0.29, 0.717) is 34.4 Å². The average molecular weight is 486 g/mol. The van der Waals surface area contributed by atoms with Crippen LogP contribution in [0.1, 0.15) is 40.8 Å². The predicted octanol–water partition coefficient (Wildman–Crippen LogP) is 4.71. The average Bonchev–Trinajstić information content (AvgIpc) is 2.87. The van der Waals surface area contributed by atoms with Gasteiger partial charge in [-0.05, 0) is 49.6 Å². The Morgan fingerprint density at radius 3 is 2.22 bits per heavy atom. The summed E-state index contributed by atoms with van der Waals surface area (Å²) in [5.41, 5.74) is 3.45. The molecule has 0 aliphatic carbocycles. The summed E-state index contributed by atoms with van der Waals surface area (Å²) in [5, 5.41) is 12.9. The molecule has 4 aromatic rings. The number of carbonyl (C=O) groups excluding carboxylic acids is 1. The van der Waals surface area contributed by atoms with Gasteiger partial charge in [0.25, 0.3) is 5.91 Å². The van der Waals surface area contributed by atoms with Crippen molar-refractivity contribution in [1.29, 1.82) is 0 Å². The highest BCUT2D eigenvalue weighted by Gasteiger charge is 2.26. The van der Waals surface area contributed by atoms with Crippen molar-refractivity contribution in [2.75, 3.05) is 0 Å². The second-order valence-corrected chi connectivity index (χ2v) is 8.67. The van der Waals surface area contributed by atoms with Crippen LogP contribution in [0, 0.1) is 13.8 Å². The Morgan fingerprint density at radius 2 is 1.58 bits per heavy atom. The summed E-state index contributed by atoms with van der Waals surface area (Å²) in [6, 6.07) is 20.5. The van der Waals surface area contributed by atoms with Crippen molar-refractivity contribution in [3.63, 3.8) is 0 Å². The predicted molar refractivity (Wildman–Crippen MR) is 136 cm³/mol. The van der Waals surface area contributed by atoms with Gasteiger partial charge < -0.3 is 19.6 Å². The van der Waals surface area contributed by atoms with Crippen molar-refractivity contribution in [3.05, 3.63) is 111 Å². The lowest BCUT2D eigenvalue weighted by atomic mass is 9.98. The maximum absolute atomic E-state index is 12.8. The number of nitrogens with one attached hydrogen (secondary N) is 1. The van der Waals surface area contributed by atoms with Crippen LogP contribution < -0.4 is 15.7 Å². The standard InChI is InChI=1S/C29H27NO6/c1-17-22-14-15-24(18(2)26(22)36-29(34)23(17)16-20-10-6-4-7-11-20)35-19(3)27(31)30-25(28(32)33)21-12-8-5-9-13-21/h4-15,19,25H,16H2,1-3H3,(H,30,31)(H,32,33)/t19-,25+/m1/s1. The Kier molecular flexibility index (Phi) is 7.20. The minimum atomic E-state index is -1.20. The minimum Gasteiger partial charge on any atom is -0.480 e. The van der Waals surface area contributed by atoms with Crippen LogP contribution in [0.4, 0.5) is 0 Å². The van der Waals surface area contributed by atoms with Crippen LogP contribution in [0.2, 0.25) is 0 Å². The van der Waals surface area contributed by atoms with Gasteiger partial charge in [-0.15, -0.1) is 0 Å². The topological polar surface area (TPSA) is 106 Å². The molecule has 0 unspecified atom stereocenters. The highest BCUT2D eigenvalue weighted by atomic mass is 16.5. The van der Waals surface area contributed by atoms with E-state index in [1.54, 1.807) is 49.4 Å². The number of ether oxygens (including phenoxy) is 1. The van der Waals surface area contributed by atoms with E-state index in [1.807, 2.05) is 37.3 Å². The Balaban J connectivity index is 1.57. The first-order valence-corrected chi connectivity index (χ1v) is 11.6. The molecule has 0 aliphatic heterocycles. The van der Waals surface area contributed by atoms with Crippen molar-refractivity contribution in [3.8, 4) is 5.75 Å². The van der Waals surface area contributed by atoms with Crippen molar-refractivity contribution in [2.24, 2.45) is 0 Å². The first-order valence-electron chi connectivity index (χ1n) is 11.6. The Bertz CT molecular complexity index is 1460. The quantitative estimate of drug-likeness (QED) is 0.350. The highest BCUT2D eigenvalue weighted by Crippen LogP contribution is 2.30. The Labute approximate surface area is 208 Å². The van der Waals surface area contributed by atoms with E-state index in [4.69, 9.17) is 9.15 Å². The summed E-state index contributed by atoms with van der Waals surface area (Å²) in [6.45, 7) is 5.18. The van der Waals surface area contributed by atoms with Crippen LogP contribution in [-0.2, 0) is 16.0 Å². The normalized spacial score (nSPS) is 12.6. The van der Waals surface area contributed by atoms with E-state index in [1.165, 1.54) is 6.92 Å². The molecular weight excluding hydrogens is 458 g/mol. The maximum atomic E-state index is 12.8. The van der Waals surface area contributed by atoms with Crippen LogP contribution >= 0.6 is 0 Å². The van der Waals surface area contributed by atoms with Gasteiger partial charge in [0.2, 0.25) is 0 Å². The molecule has 2 atom stereocenters. The number of fused-ring (bicyclic) bond motifs is 1. The SMILES string of the molecule is Cc1c(Cc2ccccc2)c(=O)oc2c(C)c(O[C@H](C)C(=O)N[C@H](C(=O)O)c3ccccc3)ccc12. The van der Waals surface area contributed by atoms with E-state index < -0.39 is 29.6 Å². The molecule has 3 aromatic carbocycles. The number of hydrogen-bond donors (Lipinski definition) is 2. The first kappa shape index (κ1) is 24.7. The molecule has 1 heterocycles. The van der Waals surface area contributed by atoms with Crippen molar-refractivity contribution in [1.82, 2.24) is 5.32 Å². The molecule has 7 heteroatoms. The molecule has 1 amide bonds. The minimum absolute atomic E-state index is 0.370. The van der Waals surface area contributed by atoms with Crippen LogP contribution in [0.15, 0.2) is 82.0 Å². The van der Waals surface area contributed by atoms with Gasteiger partial charge in [0.15, 0.2) is 12.1 Å². The summed E-state index contributed by atoms with van der Waals surface area (Å²) in [7, 11) is 0. The van der Waals surface area contributed by atoms with Gasteiger partial charge in [0.05, 0.1) is 0 Å². The van der Waals surface area contributed by atoms with Gasteiger partial charge in [-0.1, -0.05) is 60.7 Å². The number of amides is 1. The highest BCUT2D eigenvalue weighted by molar-refractivity contribution is 5.88. The monoisotopic (exact) mass is 485 g/mol. The molecule has 0 fully saturated rings. The van der Waals surface area contributed by atoms with Crippen molar-refractivity contribution in [2.45, 2.75) is 39.3 Å². The zero-order valence-corrected chi connectivity index (χ0v) is 20.3. The zero-order chi connectivity index (χ0) is 25.8. The molecule has 184 valence electrons. The van der Waals surface area contributed by atoms with E-state index in [2.05, 4.69) is 5.32 Å². The molecular formula is C29H27NO6. The zero-order valence-electron chi connectivity index (χ0n) is 20.3. The molecule has 4 rings (SSSR count). The fourth-order valence-corrected chi connectivity index (χ4v) is 4.14. The number of rotatable bonds is 8. The van der Waals surface area contributed by atoms with Crippen molar-refractivity contribution >= 4 is 22.8 Å². The molecule has 0 spiro atoms. The van der Waals surface area contributed by atoms with Gasteiger partial charge in [-0.2, -0.15) is 0 Å². The summed E-state index contributed by atoms with van der Waals surface area (Å²) in [5.74, 6) is -1.39. The number of carboxylic acids is 1. The van der Waals surface area contributed by atoms with Gasteiger partial charge in [-0.3, -0.25) is 4.79 Å². The molecule has 0 bridgehead atoms. The fraction of sp³-hybridized carbons (Fsp3) is 0.207. The Morgan fingerprint density at radius 1 is 0.944 bits per heavy atom. The van der Waals surface area contributed by atoms with Gasteiger partial charge in [0, 0.05) is 22.9 Å². The number of hydrogen-bond acceptors (Lipinski definition) is 5. The second kappa shape index (κ2) is 10.5. The molecule has 0 aliphatic rings. The van der Waals surface area contributed by atoms with E-state index in [9.17, 15) is 19.5 Å². The number of benzene rings is 3. The van der Waals surface area contributed by atoms with Crippen LogP contribution in [0.25, 0.3) is 11.0 Å². The van der Waals surface area contributed by atoms with E-state index in [-0.39, 0.29) is 0 Å². The number of aryl methyl sites for hydroxylation is 2. The fourth-order valence-electron chi connectivity index (χ4n) is 4.14. The third kappa shape index (κ3) is 5.15. The van der Waals surface area contributed by atoms with Crippen molar-refractivity contribution < 1.29 is 23.8 Å². The lowest BCUT2D eigenvalue weighted by Gasteiger charge is -2.20. The molecule has 0 radical (unpaired) electrons. The van der Waals surface area contributed by atoms with Gasteiger partial charge in [0.1, 0.15) is 11.3 Å². The molecule has 0 saturated heterocycles. The van der Waals surface area contributed by atoms with E-state index in [0.717, 1.165) is 16.5 Å². The summed E-state index contributed by atoms with van der Waals surface area (Å²) >= 11 is 0. The number of carbonyl (C=O) groups is 2. The molecule has 2 N–H and O–H groups in total. The van der Waals surface area contributed by atoms with Gasteiger partial charge in [-0.25, -0.2) is 9.59 Å². The van der Waals surface area contributed by atoms with Gasteiger partial charge >= 0.3 is 11.6 Å². The summed E-state index contributed by atoms with van der Waals surface area (Å²) in [4.78, 5) is 37.3. The second-order valence-electron chi connectivity index (χ2n) is 8.67. The summed E-state index contributed by atoms with van der Waals surface area (Å²) in [6.07, 6.45) is -0.525.